The van der Waals surface area contributed by atoms with Gasteiger partial charge in [0.15, 0.2) is 0 Å². The number of halogens is 1. The van der Waals surface area contributed by atoms with Crippen LogP contribution in [0.25, 0.3) is 0 Å². The molecule has 0 aliphatic carbocycles. The summed E-state index contributed by atoms with van der Waals surface area (Å²) in [6.45, 7) is 5.61. The number of nitrogens with one attached hydrogen (secondary N) is 1. The Morgan fingerprint density at radius 1 is 1.07 bits per heavy atom. The van der Waals surface area contributed by atoms with Crippen molar-refractivity contribution in [3.63, 3.8) is 0 Å². The number of hydrogen-bond acceptors (Lipinski definition) is 5. The van der Waals surface area contributed by atoms with Crippen molar-refractivity contribution in [3.05, 3.63) is 70.9 Å². The lowest BCUT2D eigenvalue weighted by atomic mass is 10.2. The second kappa shape index (κ2) is 8.73. The van der Waals surface area contributed by atoms with Crippen LogP contribution in [0.15, 0.2) is 54.6 Å². The maximum absolute atomic E-state index is 6.13. The van der Waals surface area contributed by atoms with E-state index in [1.54, 1.807) is 13.2 Å². The van der Waals surface area contributed by atoms with Crippen molar-refractivity contribution in [2.75, 3.05) is 23.9 Å². The summed E-state index contributed by atoms with van der Waals surface area (Å²) >= 11 is 6.13. The zero-order chi connectivity index (χ0) is 19.2. The number of nitrogens with zero attached hydrogens (tertiary/aromatic N) is 3. The average molecular weight is 383 g/mol. The van der Waals surface area contributed by atoms with E-state index in [-0.39, 0.29) is 0 Å². The molecule has 27 heavy (non-hydrogen) atoms. The van der Waals surface area contributed by atoms with Gasteiger partial charge in [-0.2, -0.15) is 4.98 Å². The van der Waals surface area contributed by atoms with E-state index in [2.05, 4.69) is 34.3 Å². The summed E-state index contributed by atoms with van der Waals surface area (Å²) in [6, 6.07) is 17.6. The van der Waals surface area contributed by atoms with E-state index in [1.165, 1.54) is 5.56 Å². The molecule has 0 unspecified atom stereocenters. The molecule has 1 N–H and O–H groups in total. The lowest BCUT2D eigenvalue weighted by molar-refractivity contribution is 0.417. The second-order valence-electron chi connectivity index (χ2n) is 6.16. The number of hydrogen-bond donors (Lipinski definition) is 1. The van der Waals surface area contributed by atoms with E-state index in [4.69, 9.17) is 21.3 Å². The van der Waals surface area contributed by atoms with Crippen LogP contribution in [0.3, 0.4) is 0 Å². The van der Waals surface area contributed by atoms with E-state index >= 15 is 0 Å². The first-order valence-corrected chi connectivity index (χ1v) is 9.22. The summed E-state index contributed by atoms with van der Waals surface area (Å²) in [7, 11) is 1.63. The van der Waals surface area contributed by atoms with Crippen molar-refractivity contribution in [3.8, 4) is 5.75 Å². The van der Waals surface area contributed by atoms with Gasteiger partial charge in [0.2, 0.25) is 5.95 Å². The maximum Gasteiger partial charge on any atom is 0.227 e. The second-order valence-corrected chi connectivity index (χ2v) is 6.60. The van der Waals surface area contributed by atoms with Crippen molar-refractivity contribution in [1.29, 1.82) is 0 Å². The first-order valence-electron chi connectivity index (χ1n) is 8.84. The van der Waals surface area contributed by atoms with Crippen LogP contribution in [-0.4, -0.2) is 23.6 Å². The molecule has 2 aromatic carbocycles. The van der Waals surface area contributed by atoms with Gasteiger partial charge in [0.25, 0.3) is 0 Å². The number of ether oxygens (including phenoxy) is 1. The van der Waals surface area contributed by atoms with Crippen LogP contribution in [0, 0.1) is 6.92 Å². The lowest BCUT2D eigenvalue weighted by Crippen LogP contribution is -2.24. The van der Waals surface area contributed by atoms with Gasteiger partial charge in [-0.1, -0.05) is 41.9 Å². The Balaban J connectivity index is 1.88. The lowest BCUT2D eigenvalue weighted by Gasteiger charge is -2.22. The fraction of sp³-hybridized carbons (Fsp3) is 0.238. The number of aryl methyl sites for hydroxylation is 1. The third-order valence-corrected chi connectivity index (χ3v) is 4.38. The van der Waals surface area contributed by atoms with Gasteiger partial charge in [-0.3, -0.25) is 0 Å². The molecule has 3 rings (SSSR count). The molecule has 140 valence electrons. The monoisotopic (exact) mass is 382 g/mol. The molecule has 0 radical (unpaired) electrons. The highest BCUT2D eigenvalue weighted by molar-refractivity contribution is 6.31. The SMILES string of the molecule is CCN(Cc1ccccc1)c1nc(C)cc(Nc2cc(Cl)ccc2OC)n1. The van der Waals surface area contributed by atoms with Gasteiger partial charge in [-0.15, -0.1) is 0 Å². The summed E-state index contributed by atoms with van der Waals surface area (Å²) in [5.74, 6) is 2.09. The Hall–Kier alpha value is -2.79. The minimum Gasteiger partial charge on any atom is -0.495 e. The van der Waals surface area contributed by atoms with Crippen molar-refractivity contribution in [2.45, 2.75) is 20.4 Å². The van der Waals surface area contributed by atoms with Gasteiger partial charge >= 0.3 is 0 Å². The molecular weight excluding hydrogens is 360 g/mol. The van der Waals surface area contributed by atoms with E-state index < -0.39 is 0 Å². The molecule has 1 heterocycles. The van der Waals surface area contributed by atoms with E-state index in [1.807, 2.05) is 43.3 Å². The zero-order valence-electron chi connectivity index (χ0n) is 15.7. The van der Waals surface area contributed by atoms with Crippen LogP contribution in [0.5, 0.6) is 5.75 Å². The van der Waals surface area contributed by atoms with E-state index in [0.29, 0.717) is 22.5 Å². The van der Waals surface area contributed by atoms with Crippen molar-refractivity contribution in [1.82, 2.24) is 9.97 Å². The summed E-state index contributed by atoms with van der Waals surface area (Å²) in [5, 5.41) is 3.93. The van der Waals surface area contributed by atoms with Gasteiger partial charge in [0.1, 0.15) is 11.6 Å². The molecular formula is C21H23ClN4O. The number of methoxy groups -OCH3 is 1. The largest absolute Gasteiger partial charge is 0.495 e. The molecule has 0 spiro atoms. The fourth-order valence-electron chi connectivity index (χ4n) is 2.80. The number of benzene rings is 2. The molecule has 0 amide bonds. The molecule has 0 aliphatic rings. The summed E-state index contributed by atoms with van der Waals surface area (Å²) in [5.41, 5.74) is 2.87. The highest BCUT2D eigenvalue weighted by atomic mass is 35.5. The van der Waals surface area contributed by atoms with E-state index in [9.17, 15) is 0 Å². The molecule has 0 saturated heterocycles. The van der Waals surface area contributed by atoms with E-state index in [0.717, 1.165) is 24.5 Å². The van der Waals surface area contributed by atoms with Crippen molar-refractivity contribution >= 4 is 29.1 Å². The van der Waals surface area contributed by atoms with Crippen LogP contribution >= 0.6 is 11.6 Å². The topological polar surface area (TPSA) is 50.3 Å². The number of anilines is 3. The highest BCUT2D eigenvalue weighted by Crippen LogP contribution is 2.30. The quantitative estimate of drug-likeness (QED) is 0.607. The Morgan fingerprint density at radius 3 is 2.56 bits per heavy atom. The third kappa shape index (κ3) is 4.89. The smallest absolute Gasteiger partial charge is 0.227 e. The summed E-state index contributed by atoms with van der Waals surface area (Å²) < 4.78 is 5.41. The predicted octanol–water partition coefficient (Wildman–Crippen LogP) is 5.22. The Bertz CT molecular complexity index is 902. The fourth-order valence-corrected chi connectivity index (χ4v) is 2.97. The average Bonchev–Trinajstić information content (AvgIpc) is 2.66. The summed E-state index contributed by atoms with van der Waals surface area (Å²) in [4.78, 5) is 11.5. The Labute approximate surface area is 165 Å². The molecule has 0 saturated carbocycles. The maximum atomic E-state index is 6.13. The van der Waals surface area contributed by atoms with Gasteiger partial charge < -0.3 is 15.0 Å². The molecule has 0 bridgehead atoms. The minimum absolute atomic E-state index is 0.628. The van der Waals surface area contributed by atoms with Gasteiger partial charge in [-0.05, 0) is 37.6 Å². The molecule has 0 fully saturated rings. The van der Waals surface area contributed by atoms with Crippen molar-refractivity contribution < 1.29 is 4.74 Å². The van der Waals surface area contributed by atoms with Gasteiger partial charge in [0.05, 0.1) is 12.8 Å². The number of aromatic nitrogens is 2. The third-order valence-electron chi connectivity index (χ3n) is 4.15. The molecule has 3 aromatic rings. The van der Waals surface area contributed by atoms with Crippen LogP contribution in [-0.2, 0) is 6.54 Å². The zero-order valence-corrected chi connectivity index (χ0v) is 16.5. The molecule has 0 aliphatic heterocycles. The van der Waals surface area contributed by atoms with Gasteiger partial charge in [0, 0.05) is 29.9 Å². The molecule has 6 heteroatoms. The van der Waals surface area contributed by atoms with Crippen molar-refractivity contribution in [2.24, 2.45) is 0 Å². The molecule has 0 atom stereocenters. The molecule has 1 aromatic heterocycles. The van der Waals surface area contributed by atoms with Gasteiger partial charge in [-0.25, -0.2) is 4.98 Å². The van der Waals surface area contributed by atoms with Crippen LogP contribution in [0.2, 0.25) is 5.02 Å². The minimum atomic E-state index is 0.628. The Morgan fingerprint density at radius 2 is 1.85 bits per heavy atom. The van der Waals surface area contributed by atoms with Crippen LogP contribution < -0.4 is 15.0 Å². The highest BCUT2D eigenvalue weighted by Gasteiger charge is 2.12. The molecule has 5 nitrogen and oxygen atoms in total. The Kier molecular flexibility index (Phi) is 6.14. The summed E-state index contributed by atoms with van der Waals surface area (Å²) in [6.07, 6.45) is 0. The first-order chi connectivity index (χ1) is 13.1. The van der Waals surface area contributed by atoms with Crippen LogP contribution in [0.4, 0.5) is 17.5 Å². The number of rotatable bonds is 7. The first kappa shape index (κ1) is 19.0. The van der Waals surface area contributed by atoms with Crippen LogP contribution in [0.1, 0.15) is 18.2 Å². The normalized spacial score (nSPS) is 10.5. The predicted molar refractivity (Wildman–Crippen MR) is 111 cm³/mol. The standard InChI is InChI=1S/C21H23ClN4O/c1-4-26(14-16-8-6-5-7-9-16)21-23-15(2)12-20(25-21)24-18-13-17(22)10-11-19(18)27-3/h5-13H,4,14H2,1-3H3,(H,23,24,25).